The van der Waals surface area contributed by atoms with Crippen molar-refractivity contribution in [3.63, 3.8) is 0 Å². The smallest absolute Gasteiger partial charge is 0.119 e. The van der Waals surface area contributed by atoms with Crippen molar-refractivity contribution < 1.29 is 4.74 Å². The molecule has 2 aliphatic rings. The lowest BCUT2D eigenvalue weighted by molar-refractivity contribution is 0.0328. The molecular formula is C30H37N3O. The van der Waals surface area contributed by atoms with E-state index in [9.17, 15) is 5.26 Å². The maximum atomic E-state index is 10.7. The molecule has 4 atom stereocenters. The van der Waals surface area contributed by atoms with E-state index in [0.717, 1.165) is 31.6 Å². The molecule has 1 saturated carbocycles. The van der Waals surface area contributed by atoms with Crippen LogP contribution in [0.25, 0.3) is 0 Å². The van der Waals surface area contributed by atoms with Gasteiger partial charge >= 0.3 is 0 Å². The van der Waals surface area contributed by atoms with Crippen molar-refractivity contribution in [2.75, 3.05) is 13.2 Å². The van der Waals surface area contributed by atoms with E-state index in [0.29, 0.717) is 36.1 Å². The summed E-state index contributed by atoms with van der Waals surface area (Å²) in [7, 11) is 0. The quantitative estimate of drug-likeness (QED) is 0.428. The van der Waals surface area contributed by atoms with Gasteiger partial charge in [0.1, 0.15) is 5.75 Å². The van der Waals surface area contributed by atoms with Gasteiger partial charge in [0.05, 0.1) is 29.7 Å². The molecule has 0 aromatic heterocycles. The molecule has 2 aromatic rings. The van der Waals surface area contributed by atoms with E-state index in [-0.39, 0.29) is 5.41 Å². The normalized spacial score (nSPS) is 25.2. The Labute approximate surface area is 205 Å². The second-order valence-electron chi connectivity index (χ2n) is 10.3. The van der Waals surface area contributed by atoms with E-state index in [1.54, 1.807) is 12.1 Å². The Morgan fingerprint density at radius 2 is 1.56 bits per heavy atom. The largest absolute Gasteiger partial charge is 0.494 e. The molecule has 1 aliphatic carbocycles. The van der Waals surface area contributed by atoms with Gasteiger partial charge in [0.15, 0.2) is 0 Å². The first-order valence-electron chi connectivity index (χ1n) is 12.9. The molecule has 4 heteroatoms. The average Bonchev–Trinajstić information content (AvgIpc) is 3.40. The number of nitrogens with zero attached hydrogens (tertiary/aromatic N) is 3. The lowest BCUT2D eigenvalue weighted by atomic mass is 9.58. The predicted octanol–water partition coefficient (Wildman–Crippen LogP) is 6.47. The van der Waals surface area contributed by atoms with Gasteiger partial charge in [-0.25, -0.2) is 0 Å². The average molecular weight is 456 g/mol. The fourth-order valence-corrected chi connectivity index (χ4v) is 6.65. The summed E-state index contributed by atoms with van der Waals surface area (Å²) in [5.41, 5.74) is 1.52. The summed E-state index contributed by atoms with van der Waals surface area (Å²) in [4.78, 5) is 2.61. The van der Waals surface area contributed by atoms with Crippen LogP contribution in [0.4, 0.5) is 0 Å². The lowest BCUT2D eigenvalue weighted by Crippen LogP contribution is -2.53. The summed E-state index contributed by atoms with van der Waals surface area (Å²) in [5.74, 6) is 1.67. The first-order chi connectivity index (χ1) is 16.6. The molecule has 34 heavy (non-hydrogen) atoms. The van der Waals surface area contributed by atoms with Crippen LogP contribution >= 0.6 is 0 Å². The van der Waals surface area contributed by atoms with E-state index in [4.69, 9.17) is 10.00 Å². The Balaban J connectivity index is 1.40. The molecule has 4 nitrogen and oxygen atoms in total. The third-order valence-corrected chi connectivity index (χ3v) is 8.28. The van der Waals surface area contributed by atoms with Crippen molar-refractivity contribution in [3.8, 4) is 17.9 Å². The molecule has 0 spiro atoms. The minimum atomic E-state index is -0.370. The van der Waals surface area contributed by atoms with Crippen LogP contribution in [0.5, 0.6) is 5.75 Å². The summed E-state index contributed by atoms with van der Waals surface area (Å²) < 4.78 is 5.91. The Kier molecular flexibility index (Phi) is 7.91. The standard InChI is InChI=1S/C30H37N3O/c1-23-19-28(30(22-32,27-11-6-7-12-27)26-9-4-3-5-10-26)20-24(2)33(23)17-8-18-34-29-15-13-25(21-31)14-16-29/h3-5,9-10,13-16,23-24,27-28H,6-8,11-12,17-20H2,1-2H3/t23-,24+,28?,30?. The van der Waals surface area contributed by atoms with Gasteiger partial charge < -0.3 is 4.74 Å². The van der Waals surface area contributed by atoms with Gasteiger partial charge in [-0.15, -0.1) is 0 Å². The van der Waals surface area contributed by atoms with Crippen molar-refractivity contribution in [1.82, 2.24) is 4.90 Å². The van der Waals surface area contributed by atoms with Gasteiger partial charge in [-0.05, 0) is 87.6 Å². The summed E-state index contributed by atoms with van der Waals surface area (Å²) in [6.45, 7) is 6.34. The van der Waals surface area contributed by atoms with Crippen molar-refractivity contribution in [2.24, 2.45) is 11.8 Å². The minimum absolute atomic E-state index is 0.370. The topological polar surface area (TPSA) is 60.1 Å². The molecule has 0 radical (unpaired) electrons. The van der Waals surface area contributed by atoms with Crippen LogP contribution in [-0.2, 0) is 5.41 Å². The Morgan fingerprint density at radius 1 is 0.912 bits per heavy atom. The van der Waals surface area contributed by atoms with Crippen LogP contribution in [-0.4, -0.2) is 30.1 Å². The van der Waals surface area contributed by atoms with Crippen LogP contribution in [0.2, 0.25) is 0 Å². The number of rotatable bonds is 8. The molecule has 2 fully saturated rings. The highest BCUT2D eigenvalue weighted by atomic mass is 16.5. The number of piperidine rings is 1. The summed E-state index contributed by atoms with van der Waals surface area (Å²) in [6, 6.07) is 23.9. The zero-order valence-electron chi connectivity index (χ0n) is 20.6. The van der Waals surface area contributed by atoms with E-state index >= 15 is 0 Å². The van der Waals surface area contributed by atoms with Crippen LogP contribution in [0.15, 0.2) is 54.6 Å². The van der Waals surface area contributed by atoms with E-state index < -0.39 is 0 Å². The van der Waals surface area contributed by atoms with E-state index in [1.807, 2.05) is 12.1 Å². The van der Waals surface area contributed by atoms with Crippen LogP contribution < -0.4 is 4.74 Å². The van der Waals surface area contributed by atoms with Gasteiger partial charge in [-0.1, -0.05) is 43.2 Å². The maximum absolute atomic E-state index is 10.7. The number of benzene rings is 2. The van der Waals surface area contributed by atoms with Crippen molar-refractivity contribution in [2.45, 2.75) is 76.3 Å². The predicted molar refractivity (Wildman–Crippen MR) is 135 cm³/mol. The molecule has 0 N–H and O–H groups in total. The number of hydrogen-bond acceptors (Lipinski definition) is 4. The first-order valence-corrected chi connectivity index (χ1v) is 12.9. The fraction of sp³-hybridized carbons (Fsp3) is 0.533. The Bertz CT molecular complexity index is 988. The lowest BCUT2D eigenvalue weighted by Gasteiger charge is -2.49. The number of hydrogen-bond donors (Lipinski definition) is 0. The molecule has 2 aromatic carbocycles. The van der Waals surface area contributed by atoms with E-state index in [1.165, 1.54) is 31.2 Å². The molecule has 178 valence electrons. The summed E-state index contributed by atoms with van der Waals surface area (Å²) in [5, 5.41) is 19.6. The first kappa shape index (κ1) is 24.3. The summed E-state index contributed by atoms with van der Waals surface area (Å²) in [6.07, 6.45) is 7.97. The van der Waals surface area contributed by atoms with Crippen LogP contribution in [0.3, 0.4) is 0 Å². The highest BCUT2D eigenvalue weighted by molar-refractivity contribution is 5.36. The number of nitriles is 2. The molecule has 0 amide bonds. The zero-order chi connectivity index (χ0) is 24.0. The van der Waals surface area contributed by atoms with Crippen LogP contribution in [0.1, 0.15) is 69.9 Å². The molecular weight excluding hydrogens is 418 g/mol. The second kappa shape index (κ2) is 11.1. The summed E-state index contributed by atoms with van der Waals surface area (Å²) >= 11 is 0. The van der Waals surface area contributed by atoms with Gasteiger partial charge in [0.2, 0.25) is 0 Å². The molecule has 1 aliphatic heterocycles. The van der Waals surface area contributed by atoms with Crippen molar-refractivity contribution >= 4 is 0 Å². The van der Waals surface area contributed by atoms with Gasteiger partial charge in [0, 0.05) is 18.6 Å². The molecule has 4 rings (SSSR count). The Hall–Kier alpha value is -2.82. The second-order valence-corrected chi connectivity index (χ2v) is 10.3. The fourth-order valence-electron chi connectivity index (χ4n) is 6.65. The van der Waals surface area contributed by atoms with Crippen LogP contribution in [0, 0.1) is 34.5 Å². The van der Waals surface area contributed by atoms with Gasteiger partial charge in [0.25, 0.3) is 0 Å². The van der Waals surface area contributed by atoms with Gasteiger partial charge in [-0.2, -0.15) is 10.5 Å². The zero-order valence-corrected chi connectivity index (χ0v) is 20.6. The van der Waals surface area contributed by atoms with Gasteiger partial charge in [-0.3, -0.25) is 4.90 Å². The molecule has 2 unspecified atom stereocenters. The third kappa shape index (κ3) is 4.98. The molecule has 1 saturated heterocycles. The highest BCUT2D eigenvalue weighted by Gasteiger charge is 2.50. The molecule has 1 heterocycles. The Morgan fingerprint density at radius 3 is 2.15 bits per heavy atom. The number of ether oxygens (including phenoxy) is 1. The SMILES string of the molecule is C[C@@H]1CC(C(C#N)(c2ccccc2)C2CCCC2)C[C@H](C)N1CCCOc1ccc(C#N)cc1. The molecule has 0 bridgehead atoms. The van der Waals surface area contributed by atoms with E-state index in [2.05, 4.69) is 61.2 Å². The van der Waals surface area contributed by atoms with Crippen molar-refractivity contribution in [3.05, 3.63) is 65.7 Å². The highest BCUT2D eigenvalue weighted by Crippen LogP contribution is 2.51. The van der Waals surface area contributed by atoms with Crippen molar-refractivity contribution in [1.29, 1.82) is 10.5 Å². The number of likely N-dealkylation sites (tertiary alicyclic amines) is 1. The monoisotopic (exact) mass is 455 g/mol. The maximum Gasteiger partial charge on any atom is 0.119 e. The minimum Gasteiger partial charge on any atom is -0.494 e. The third-order valence-electron chi connectivity index (χ3n) is 8.28.